The van der Waals surface area contributed by atoms with Crippen molar-refractivity contribution in [2.75, 3.05) is 30.0 Å². The molecule has 6 nitrogen and oxygen atoms in total. The number of benzene rings is 2. The number of anilines is 2. The lowest BCUT2D eigenvalue weighted by Gasteiger charge is -2.33. The van der Waals surface area contributed by atoms with Gasteiger partial charge in [0, 0.05) is 37.6 Å². The molecule has 0 aromatic heterocycles. The number of hydrogen-bond donors (Lipinski definition) is 1. The van der Waals surface area contributed by atoms with Gasteiger partial charge in [0.1, 0.15) is 5.75 Å². The van der Waals surface area contributed by atoms with Crippen molar-refractivity contribution in [3.63, 3.8) is 0 Å². The highest BCUT2D eigenvalue weighted by molar-refractivity contribution is 5.94. The van der Waals surface area contributed by atoms with E-state index >= 15 is 0 Å². The molecular formula is C22H26N2O4. The molecule has 1 fully saturated rings. The van der Waals surface area contributed by atoms with E-state index in [0.717, 1.165) is 24.1 Å². The minimum atomic E-state index is -0.235. The second kappa shape index (κ2) is 9.37. The number of nitrogens with zero attached hydrogens (tertiary/aromatic N) is 1. The molecule has 0 spiro atoms. The summed E-state index contributed by atoms with van der Waals surface area (Å²) in [5.74, 6) is 0.432. The second-order valence-electron chi connectivity index (χ2n) is 6.93. The van der Waals surface area contributed by atoms with E-state index in [0.29, 0.717) is 24.7 Å². The highest BCUT2D eigenvalue weighted by Crippen LogP contribution is 2.25. The van der Waals surface area contributed by atoms with Gasteiger partial charge in [-0.3, -0.25) is 9.59 Å². The van der Waals surface area contributed by atoms with Gasteiger partial charge in [0.2, 0.25) is 5.91 Å². The predicted octanol–water partition coefficient (Wildman–Crippen LogP) is 3.54. The van der Waals surface area contributed by atoms with Crippen LogP contribution in [0.1, 0.15) is 25.3 Å². The molecule has 0 unspecified atom stereocenters. The lowest BCUT2D eigenvalue weighted by molar-refractivity contribution is -0.118. The summed E-state index contributed by atoms with van der Waals surface area (Å²) in [5.41, 5.74) is 2.63. The zero-order valence-electron chi connectivity index (χ0n) is 16.3. The minimum absolute atomic E-state index is 0.00943. The number of aryl methyl sites for hydroxylation is 1. The molecule has 2 aromatic carbocycles. The quantitative estimate of drug-likeness (QED) is 0.830. The predicted molar refractivity (Wildman–Crippen MR) is 109 cm³/mol. The molecule has 28 heavy (non-hydrogen) atoms. The molecule has 0 bridgehead atoms. The molecule has 0 radical (unpaired) electrons. The average Bonchev–Trinajstić information content (AvgIpc) is 2.70. The third-order valence-corrected chi connectivity index (χ3v) is 4.72. The van der Waals surface area contributed by atoms with Crippen molar-refractivity contribution in [2.24, 2.45) is 0 Å². The van der Waals surface area contributed by atoms with Crippen LogP contribution in [0.2, 0.25) is 0 Å². The van der Waals surface area contributed by atoms with E-state index in [1.807, 2.05) is 48.2 Å². The van der Waals surface area contributed by atoms with Crippen molar-refractivity contribution in [1.82, 2.24) is 0 Å². The molecule has 1 N–H and O–H groups in total. The van der Waals surface area contributed by atoms with Crippen molar-refractivity contribution < 1.29 is 19.1 Å². The molecule has 3 rings (SSSR count). The van der Waals surface area contributed by atoms with Crippen LogP contribution in [0.15, 0.2) is 48.5 Å². The third kappa shape index (κ3) is 5.33. The molecular weight excluding hydrogens is 356 g/mol. The van der Waals surface area contributed by atoms with Gasteiger partial charge in [0.25, 0.3) is 5.91 Å². The van der Waals surface area contributed by atoms with Gasteiger partial charge in [-0.1, -0.05) is 17.7 Å². The number of rotatable bonds is 6. The van der Waals surface area contributed by atoms with Gasteiger partial charge in [0.15, 0.2) is 6.61 Å². The van der Waals surface area contributed by atoms with Crippen molar-refractivity contribution >= 4 is 23.2 Å². The van der Waals surface area contributed by atoms with Crippen LogP contribution in [0, 0.1) is 6.92 Å². The summed E-state index contributed by atoms with van der Waals surface area (Å²) < 4.78 is 10.9. The number of hydrogen-bond acceptors (Lipinski definition) is 4. The Hall–Kier alpha value is -2.86. The van der Waals surface area contributed by atoms with Crippen LogP contribution in [0.5, 0.6) is 5.75 Å². The summed E-state index contributed by atoms with van der Waals surface area (Å²) in [5, 5.41) is 2.81. The molecule has 1 aliphatic rings. The fourth-order valence-corrected chi connectivity index (χ4v) is 3.28. The average molecular weight is 382 g/mol. The molecule has 6 heteroatoms. The van der Waals surface area contributed by atoms with Gasteiger partial charge < -0.3 is 19.7 Å². The first-order valence-corrected chi connectivity index (χ1v) is 9.50. The second-order valence-corrected chi connectivity index (χ2v) is 6.93. The molecule has 0 aliphatic carbocycles. The van der Waals surface area contributed by atoms with Gasteiger partial charge in [-0.15, -0.1) is 0 Å². The number of nitrogens with one attached hydrogen (secondary N) is 1. The lowest BCUT2D eigenvalue weighted by Crippen LogP contribution is -2.42. The molecule has 0 atom stereocenters. The summed E-state index contributed by atoms with van der Waals surface area (Å²) in [7, 11) is 0. The van der Waals surface area contributed by atoms with Crippen molar-refractivity contribution in [2.45, 2.75) is 32.7 Å². The van der Waals surface area contributed by atoms with Gasteiger partial charge in [0.05, 0.1) is 0 Å². The summed E-state index contributed by atoms with van der Waals surface area (Å²) >= 11 is 0. The Bertz CT molecular complexity index is 796. The topological polar surface area (TPSA) is 67.9 Å². The number of ether oxygens (including phenoxy) is 2. The van der Waals surface area contributed by atoms with Crippen LogP contribution in [0.3, 0.4) is 0 Å². The number of carbonyl (C=O) groups is 2. The van der Waals surface area contributed by atoms with E-state index in [1.54, 1.807) is 19.1 Å². The summed E-state index contributed by atoms with van der Waals surface area (Å²) in [4.78, 5) is 26.1. The Kier molecular flexibility index (Phi) is 6.66. The maximum absolute atomic E-state index is 12.1. The highest BCUT2D eigenvalue weighted by Gasteiger charge is 2.24. The Morgan fingerprint density at radius 3 is 2.32 bits per heavy atom. The fourth-order valence-electron chi connectivity index (χ4n) is 3.28. The zero-order chi connectivity index (χ0) is 19.9. The Balaban J connectivity index is 1.57. The van der Waals surface area contributed by atoms with Crippen molar-refractivity contribution in [3.05, 3.63) is 54.1 Å². The molecule has 1 heterocycles. The largest absolute Gasteiger partial charge is 0.484 e. The molecule has 148 valence electrons. The van der Waals surface area contributed by atoms with Gasteiger partial charge in [-0.25, -0.2) is 0 Å². The van der Waals surface area contributed by atoms with Crippen LogP contribution in [-0.4, -0.2) is 37.7 Å². The van der Waals surface area contributed by atoms with Crippen LogP contribution in [0.25, 0.3) is 0 Å². The number of amides is 2. The highest BCUT2D eigenvalue weighted by atomic mass is 16.5. The third-order valence-electron chi connectivity index (χ3n) is 4.72. The van der Waals surface area contributed by atoms with E-state index in [4.69, 9.17) is 9.47 Å². The van der Waals surface area contributed by atoms with Crippen LogP contribution < -0.4 is 15.0 Å². The van der Waals surface area contributed by atoms with E-state index in [9.17, 15) is 9.59 Å². The summed E-state index contributed by atoms with van der Waals surface area (Å²) in [6, 6.07) is 15.0. The van der Waals surface area contributed by atoms with Crippen LogP contribution in [0.4, 0.5) is 11.4 Å². The standard InChI is InChI=1S/C22H26N2O4/c1-16-3-9-21(10-4-16)28-15-22(26)23-18-5-7-19(8-6-18)24(17(2)25)20-11-13-27-14-12-20/h3-10,20H,11-15H2,1-2H3,(H,23,26). The molecule has 2 amide bonds. The molecule has 2 aromatic rings. The SMILES string of the molecule is CC(=O)N(c1ccc(NC(=O)COc2ccc(C)cc2)cc1)C1CCOCC1. The molecule has 1 saturated heterocycles. The van der Waals surface area contributed by atoms with Gasteiger partial charge >= 0.3 is 0 Å². The van der Waals surface area contributed by atoms with E-state index in [2.05, 4.69) is 5.32 Å². The lowest BCUT2D eigenvalue weighted by atomic mass is 10.1. The first kappa shape index (κ1) is 19.9. The number of carbonyl (C=O) groups excluding carboxylic acids is 2. The Morgan fingerprint density at radius 1 is 1.07 bits per heavy atom. The smallest absolute Gasteiger partial charge is 0.262 e. The zero-order valence-corrected chi connectivity index (χ0v) is 16.3. The first-order chi connectivity index (χ1) is 13.5. The molecule has 0 saturated carbocycles. The summed E-state index contributed by atoms with van der Waals surface area (Å²) in [6.07, 6.45) is 1.66. The summed E-state index contributed by atoms with van der Waals surface area (Å²) in [6.45, 7) is 4.85. The van der Waals surface area contributed by atoms with Crippen LogP contribution in [-0.2, 0) is 14.3 Å². The fraction of sp³-hybridized carbons (Fsp3) is 0.364. The first-order valence-electron chi connectivity index (χ1n) is 9.50. The Labute approximate surface area is 165 Å². The van der Waals surface area contributed by atoms with Crippen molar-refractivity contribution in [3.8, 4) is 5.75 Å². The molecule has 1 aliphatic heterocycles. The maximum Gasteiger partial charge on any atom is 0.262 e. The Morgan fingerprint density at radius 2 is 1.71 bits per heavy atom. The minimum Gasteiger partial charge on any atom is -0.484 e. The van der Waals surface area contributed by atoms with Gasteiger partial charge in [-0.05, 0) is 56.2 Å². The monoisotopic (exact) mass is 382 g/mol. The maximum atomic E-state index is 12.1. The van der Waals surface area contributed by atoms with Crippen LogP contribution >= 0.6 is 0 Å². The van der Waals surface area contributed by atoms with Gasteiger partial charge in [-0.2, -0.15) is 0 Å². The van der Waals surface area contributed by atoms with Crippen molar-refractivity contribution in [1.29, 1.82) is 0 Å². The van der Waals surface area contributed by atoms with E-state index < -0.39 is 0 Å². The van der Waals surface area contributed by atoms with E-state index in [-0.39, 0.29) is 24.5 Å². The van der Waals surface area contributed by atoms with E-state index in [1.165, 1.54) is 0 Å². The normalized spacial score (nSPS) is 14.4.